The number of hydrazine groups is 1. The molecule has 2 rings (SSSR count). The maximum absolute atomic E-state index is 14.0. The second-order valence-electron chi connectivity index (χ2n) is 4.99. The molecule has 7 heteroatoms. The van der Waals surface area contributed by atoms with Crippen molar-refractivity contribution in [3.63, 3.8) is 0 Å². The van der Waals surface area contributed by atoms with Crippen LogP contribution in [0.25, 0.3) is 0 Å². The summed E-state index contributed by atoms with van der Waals surface area (Å²) in [6, 6.07) is 1.31. The molecular formula is C12H17FN4O2. The third-order valence-electron chi connectivity index (χ3n) is 3.22. The molecule has 6 nitrogen and oxygen atoms in total. The summed E-state index contributed by atoms with van der Waals surface area (Å²) in [4.78, 5) is 17.4. The Bertz CT molecular complexity index is 493. The van der Waals surface area contributed by atoms with Crippen molar-refractivity contribution in [2.45, 2.75) is 25.4 Å². The van der Waals surface area contributed by atoms with E-state index in [-0.39, 0.29) is 17.9 Å². The quantitative estimate of drug-likeness (QED) is 0.536. The molecule has 1 atom stereocenters. The van der Waals surface area contributed by atoms with E-state index in [1.807, 2.05) is 0 Å². The summed E-state index contributed by atoms with van der Waals surface area (Å²) >= 11 is 0. The lowest BCUT2D eigenvalue weighted by atomic mass is 9.94. The van der Waals surface area contributed by atoms with E-state index in [1.54, 1.807) is 6.92 Å². The molecule has 0 spiro atoms. The zero-order chi connectivity index (χ0) is 14.0. The van der Waals surface area contributed by atoms with Gasteiger partial charge in [-0.05, 0) is 25.8 Å². The highest BCUT2D eigenvalue weighted by atomic mass is 19.1. The number of hydrogen-bond donors (Lipinski definition) is 3. The van der Waals surface area contributed by atoms with Crippen LogP contribution in [-0.4, -0.2) is 39.6 Å². The van der Waals surface area contributed by atoms with Gasteiger partial charge >= 0.3 is 0 Å². The Labute approximate surface area is 110 Å². The number of halogens is 1. The minimum absolute atomic E-state index is 0.0966. The molecule has 0 aliphatic carbocycles. The molecule has 0 bridgehead atoms. The molecule has 0 radical (unpaired) electrons. The molecule has 2 heterocycles. The van der Waals surface area contributed by atoms with Gasteiger partial charge in [-0.2, -0.15) is 0 Å². The average Bonchev–Trinajstić information content (AvgIpc) is 2.37. The van der Waals surface area contributed by atoms with Crippen LogP contribution in [-0.2, 0) is 0 Å². The fourth-order valence-corrected chi connectivity index (χ4v) is 2.27. The molecule has 0 saturated carbocycles. The van der Waals surface area contributed by atoms with Gasteiger partial charge in [0.25, 0.3) is 5.91 Å². The number of aromatic nitrogens is 1. The van der Waals surface area contributed by atoms with Crippen molar-refractivity contribution >= 4 is 11.7 Å². The van der Waals surface area contributed by atoms with E-state index in [9.17, 15) is 14.3 Å². The molecule has 1 amide bonds. The number of likely N-dealkylation sites (tertiary alicyclic amines) is 1. The second-order valence-corrected chi connectivity index (χ2v) is 4.99. The summed E-state index contributed by atoms with van der Waals surface area (Å²) in [6.45, 7) is 2.36. The Hall–Kier alpha value is -1.73. The number of carbonyl (C=O) groups is 1. The van der Waals surface area contributed by atoms with E-state index >= 15 is 0 Å². The van der Waals surface area contributed by atoms with Crippen LogP contribution in [0.1, 0.15) is 30.1 Å². The number of pyridine rings is 1. The summed E-state index contributed by atoms with van der Waals surface area (Å²) in [6.07, 6.45) is 2.63. The van der Waals surface area contributed by atoms with Crippen LogP contribution in [0.15, 0.2) is 12.3 Å². The molecule has 104 valence electrons. The predicted octanol–water partition coefficient (Wildman–Crippen LogP) is 0.493. The molecule has 1 aliphatic rings. The van der Waals surface area contributed by atoms with E-state index in [1.165, 1.54) is 17.2 Å². The van der Waals surface area contributed by atoms with Crippen molar-refractivity contribution in [1.29, 1.82) is 0 Å². The van der Waals surface area contributed by atoms with Gasteiger partial charge in [-0.1, -0.05) is 0 Å². The fourth-order valence-electron chi connectivity index (χ4n) is 2.27. The fraction of sp³-hybridized carbons (Fsp3) is 0.500. The number of hydrogen-bond acceptors (Lipinski definition) is 5. The number of aliphatic hydroxyl groups is 1. The van der Waals surface area contributed by atoms with Crippen LogP contribution in [0.2, 0.25) is 0 Å². The number of nitrogens with zero attached hydrogens (tertiary/aromatic N) is 2. The molecule has 0 aromatic carbocycles. The topological polar surface area (TPSA) is 91.5 Å². The van der Waals surface area contributed by atoms with Gasteiger partial charge in [-0.15, -0.1) is 0 Å². The number of amides is 1. The lowest BCUT2D eigenvalue weighted by molar-refractivity contribution is -0.0109. The molecule has 1 fully saturated rings. The minimum Gasteiger partial charge on any atom is -0.388 e. The van der Waals surface area contributed by atoms with Crippen LogP contribution in [0.4, 0.5) is 10.2 Å². The first-order chi connectivity index (χ1) is 8.94. The minimum atomic E-state index is -0.924. The molecule has 1 aliphatic heterocycles. The Morgan fingerprint density at radius 3 is 3.05 bits per heavy atom. The summed E-state index contributed by atoms with van der Waals surface area (Å²) in [5, 5.41) is 9.98. The zero-order valence-corrected chi connectivity index (χ0v) is 10.7. The van der Waals surface area contributed by atoms with Crippen LogP contribution in [0.5, 0.6) is 0 Å². The predicted molar refractivity (Wildman–Crippen MR) is 67.8 cm³/mol. The van der Waals surface area contributed by atoms with Crippen LogP contribution >= 0.6 is 0 Å². The first kappa shape index (κ1) is 13.7. The Balaban J connectivity index is 2.25. The molecule has 1 aromatic rings. The number of nitrogen functional groups attached to an aromatic ring is 1. The first-order valence-corrected chi connectivity index (χ1v) is 6.07. The van der Waals surface area contributed by atoms with Gasteiger partial charge in [-0.3, -0.25) is 4.79 Å². The van der Waals surface area contributed by atoms with Crippen molar-refractivity contribution < 1.29 is 14.3 Å². The van der Waals surface area contributed by atoms with Gasteiger partial charge in [0, 0.05) is 19.3 Å². The van der Waals surface area contributed by atoms with Gasteiger partial charge in [0.1, 0.15) is 0 Å². The van der Waals surface area contributed by atoms with E-state index in [0.29, 0.717) is 19.4 Å². The number of anilines is 1. The van der Waals surface area contributed by atoms with Gasteiger partial charge in [0.05, 0.1) is 11.2 Å². The molecule has 1 aromatic heterocycles. The summed E-state index contributed by atoms with van der Waals surface area (Å²) in [7, 11) is 0. The number of carbonyl (C=O) groups excluding carboxylic acids is 1. The smallest absolute Gasteiger partial charge is 0.257 e. The SMILES string of the molecule is CC1(O)CCCN(C(=O)c2ccnc(NN)c2F)C1. The van der Waals surface area contributed by atoms with Gasteiger partial charge in [-0.25, -0.2) is 15.2 Å². The number of β-amino-alcohol motifs (C(OH)–C–C–N with tert-alkyl or cyclic N) is 1. The normalized spacial score (nSPS) is 23.3. The number of nitrogens with one attached hydrogen (secondary N) is 1. The molecular weight excluding hydrogens is 251 g/mol. The Morgan fingerprint density at radius 1 is 1.68 bits per heavy atom. The van der Waals surface area contributed by atoms with Crippen molar-refractivity contribution in [1.82, 2.24) is 9.88 Å². The lowest BCUT2D eigenvalue weighted by Crippen LogP contribution is -2.48. The highest BCUT2D eigenvalue weighted by Gasteiger charge is 2.32. The standard InChI is InChI=1S/C12H17FN4O2/c1-12(19)4-2-6-17(7-12)11(18)8-3-5-15-10(16-14)9(8)13/h3,5,19H,2,4,6-7,14H2,1H3,(H,15,16). The molecule has 1 unspecified atom stereocenters. The van der Waals surface area contributed by atoms with Gasteiger partial charge < -0.3 is 15.4 Å². The third-order valence-corrected chi connectivity index (χ3v) is 3.22. The van der Waals surface area contributed by atoms with Crippen molar-refractivity contribution in [2.24, 2.45) is 5.84 Å². The molecule has 19 heavy (non-hydrogen) atoms. The van der Waals surface area contributed by atoms with Crippen LogP contribution in [0, 0.1) is 5.82 Å². The number of nitrogens with two attached hydrogens (primary N) is 1. The largest absolute Gasteiger partial charge is 0.388 e. The number of rotatable bonds is 2. The van der Waals surface area contributed by atoms with E-state index in [2.05, 4.69) is 10.4 Å². The summed E-state index contributed by atoms with van der Waals surface area (Å²) in [5.41, 5.74) is 1.08. The molecule has 4 N–H and O–H groups in total. The maximum atomic E-state index is 14.0. The summed E-state index contributed by atoms with van der Waals surface area (Å²) in [5.74, 6) is 3.71. The average molecular weight is 268 g/mol. The Morgan fingerprint density at radius 2 is 2.42 bits per heavy atom. The van der Waals surface area contributed by atoms with Gasteiger partial charge in [0.2, 0.25) is 0 Å². The van der Waals surface area contributed by atoms with E-state index in [4.69, 9.17) is 5.84 Å². The van der Waals surface area contributed by atoms with E-state index in [0.717, 1.165) is 0 Å². The third kappa shape index (κ3) is 2.82. The maximum Gasteiger partial charge on any atom is 0.257 e. The molecule has 1 saturated heterocycles. The lowest BCUT2D eigenvalue weighted by Gasteiger charge is -2.36. The second kappa shape index (κ2) is 5.10. The monoisotopic (exact) mass is 268 g/mol. The zero-order valence-electron chi connectivity index (χ0n) is 10.7. The Kier molecular flexibility index (Phi) is 3.68. The van der Waals surface area contributed by atoms with Crippen molar-refractivity contribution in [3.8, 4) is 0 Å². The van der Waals surface area contributed by atoms with Crippen LogP contribution in [0.3, 0.4) is 0 Å². The van der Waals surface area contributed by atoms with E-state index < -0.39 is 17.3 Å². The highest BCUT2D eigenvalue weighted by molar-refractivity contribution is 5.95. The van der Waals surface area contributed by atoms with Crippen molar-refractivity contribution in [3.05, 3.63) is 23.6 Å². The van der Waals surface area contributed by atoms with Gasteiger partial charge in [0.15, 0.2) is 11.6 Å². The first-order valence-electron chi connectivity index (χ1n) is 6.07. The van der Waals surface area contributed by atoms with Crippen LogP contribution < -0.4 is 11.3 Å². The highest BCUT2D eigenvalue weighted by Crippen LogP contribution is 2.23. The summed E-state index contributed by atoms with van der Waals surface area (Å²) < 4.78 is 14.0. The number of piperidine rings is 1. The van der Waals surface area contributed by atoms with Crippen molar-refractivity contribution in [2.75, 3.05) is 18.5 Å².